The van der Waals surface area contributed by atoms with E-state index in [4.69, 9.17) is 9.97 Å². The predicted octanol–water partition coefficient (Wildman–Crippen LogP) is 17.9. The Balaban J connectivity index is 0.00000711. The predicted molar refractivity (Wildman–Crippen MR) is 292 cm³/mol. The van der Waals surface area contributed by atoms with Gasteiger partial charge in [-0.25, -0.2) is 4.98 Å². The normalized spacial score (nSPS) is 13.1. The number of para-hydroxylation sites is 1. The molecule has 1 N–H and O–H groups in total. The minimum atomic E-state index is -1.19. The van der Waals surface area contributed by atoms with Crippen molar-refractivity contribution >= 4 is 11.0 Å². The zero-order valence-electron chi connectivity index (χ0n) is 45.6. The first-order valence-electron chi connectivity index (χ1n) is 25.6. The first-order chi connectivity index (χ1) is 33.8. The molecular formula is C65H66N3OPt-. The topological polar surface area (TPSA) is 50.9 Å². The molecule has 9 aromatic rings. The molecule has 4 nitrogen and oxygen atoms in total. The molecule has 0 unspecified atom stereocenters. The van der Waals surface area contributed by atoms with E-state index in [9.17, 15) is 9.22 Å². The molecule has 9 rings (SSSR count). The second kappa shape index (κ2) is 19.8. The number of benzene rings is 7. The molecule has 0 radical (unpaired) electrons. The van der Waals surface area contributed by atoms with Crippen molar-refractivity contribution in [1.29, 1.82) is 0 Å². The first-order valence-corrected chi connectivity index (χ1v) is 24.1. The van der Waals surface area contributed by atoms with Crippen molar-refractivity contribution in [3.05, 3.63) is 192 Å². The molecule has 70 heavy (non-hydrogen) atoms. The number of hydrogen-bond acceptors (Lipinski definition) is 3. The van der Waals surface area contributed by atoms with E-state index in [1.54, 1.807) is 19.9 Å². The fourth-order valence-electron chi connectivity index (χ4n) is 9.45. The van der Waals surface area contributed by atoms with Gasteiger partial charge in [-0.3, -0.25) is 9.55 Å². The number of aromatic nitrogens is 3. The number of phenols is 1. The number of phenolic OH excluding ortho intramolecular Hbond substituents is 1. The van der Waals surface area contributed by atoms with Gasteiger partial charge in [0.1, 0.15) is 11.6 Å². The zero-order valence-corrected chi connectivity index (χ0v) is 44.9. The molecular weight excluding hydrogens is 1030 g/mol. The fourth-order valence-corrected chi connectivity index (χ4v) is 9.45. The van der Waals surface area contributed by atoms with E-state index in [0.29, 0.717) is 28.0 Å². The maximum absolute atomic E-state index is 12.4. The summed E-state index contributed by atoms with van der Waals surface area (Å²) in [5.41, 5.74) is 16.4. The SMILES string of the molecule is [2H]C(C)(C)c1cc(-c2nc3c(-c4[c-]c(-c5cc(-c6ccc(-c7ccccc7)cc6)ccn5)cc(C(C)(C)C)c4)cccc3n2-c2ccc(-c3ccccc3C(C)(C)C)c(C([2H])(C)C)c2)c(O)c(C([2H])(C)C)c1.[Pt]. The number of fused-ring (bicyclic) bond motifs is 1. The van der Waals surface area contributed by atoms with Crippen LogP contribution in [-0.2, 0) is 31.9 Å². The monoisotopic (exact) mass is 1100 g/mol. The van der Waals surface area contributed by atoms with Gasteiger partial charge in [-0.2, -0.15) is 0 Å². The summed E-state index contributed by atoms with van der Waals surface area (Å²) < 4.78 is 30.1. The van der Waals surface area contributed by atoms with Crippen molar-refractivity contribution in [2.24, 2.45) is 0 Å². The van der Waals surface area contributed by atoms with Gasteiger partial charge in [0, 0.05) is 42.8 Å². The van der Waals surface area contributed by atoms with Gasteiger partial charge in [0.2, 0.25) is 0 Å². The van der Waals surface area contributed by atoms with Gasteiger partial charge >= 0.3 is 0 Å². The number of aromatic hydroxyl groups is 1. The molecule has 0 fully saturated rings. The molecule has 0 spiro atoms. The van der Waals surface area contributed by atoms with Crippen LogP contribution in [-0.4, -0.2) is 19.6 Å². The summed E-state index contributed by atoms with van der Waals surface area (Å²) in [6.07, 6.45) is 1.87. The summed E-state index contributed by atoms with van der Waals surface area (Å²) in [5.74, 6) is -2.84. The maximum Gasteiger partial charge on any atom is 0.148 e. The second-order valence-corrected chi connectivity index (χ2v) is 21.2. The zero-order chi connectivity index (χ0) is 51.7. The van der Waals surface area contributed by atoms with Crippen LogP contribution in [0.5, 0.6) is 5.75 Å². The van der Waals surface area contributed by atoms with Gasteiger partial charge in [-0.05, 0) is 114 Å². The van der Waals surface area contributed by atoms with E-state index >= 15 is 0 Å². The van der Waals surface area contributed by atoms with E-state index in [-0.39, 0.29) is 37.6 Å². The molecule has 358 valence electrons. The fraction of sp³-hybridized carbons (Fsp3) is 0.262. The van der Waals surface area contributed by atoms with Gasteiger partial charge in [0.15, 0.2) is 0 Å². The van der Waals surface area contributed by atoms with Crippen LogP contribution >= 0.6 is 0 Å². The Morgan fingerprint density at radius 1 is 0.543 bits per heavy atom. The minimum absolute atomic E-state index is 0. The third-order valence-electron chi connectivity index (χ3n) is 13.4. The van der Waals surface area contributed by atoms with Gasteiger partial charge in [-0.1, -0.05) is 203 Å². The van der Waals surface area contributed by atoms with Gasteiger partial charge < -0.3 is 5.11 Å². The Kier molecular flexibility index (Phi) is 13.0. The van der Waals surface area contributed by atoms with Crippen LogP contribution in [0.4, 0.5) is 0 Å². The van der Waals surface area contributed by atoms with Crippen molar-refractivity contribution in [2.75, 3.05) is 0 Å². The average Bonchev–Trinajstić information content (AvgIpc) is 3.72. The largest absolute Gasteiger partial charge is 0.507 e. The van der Waals surface area contributed by atoms with Crippen LogP contribution in [0.25, 0.3) is 83.9 Å². The molecule has 2 aromatic heterocycles. The number of nitrogens with zero attached hydrogens (tertiary/aromatic N) is 3. The maximum atomic E-state index is 12.4. The Labute approximate surface area is 435 Å². The van der Waals surface area contributed by atoms with Crippen molar-refractivity contribution in [2.45, 2.75) is 112 Å². The van der Waals surface area contributed by atoms with Crippen molar-refractivity contribution in [1.82, 2.24) is 14.5 Å². The summed E-state index contributed by atoms with van der Waals surface area (Å²) in [7, 11) is 0. The molecule has 0 bridgehead atoms. The summed E-state index contributed by atoms with van der Waals surface area (Å²) >= 11 is 0. The molecule has 0 aliphatic carbocycles. The van der Waals surface area contributed by atoms with Crippen molar-refractivity contribution < 1.29 is 30.3 Å². The number of imidazole rings is 1. The van der Waals surface area contributed by atoms with E-state index in [2.05, 4.69) is 174 Å². The summed E-state index contributed by atoms with van der Waals surface area (Å²) in [6, 6.07) is 56.0. The third kappa shape index (κ3) is 9.86. The summed E-state index contributed by atoms with van der Waals surface area (Å²) in [4.78, 5) is 10.5. The van der Waals surface area contributed by atoms with Crippen LogP contribution in [0.2, 0.25) is 0 Å². The van der Waals surface area contributed by atoms with Crippen molar-refractivity contribution in [3.63, 3.8) is 0 Å². The van der Waals surface area contributed by atoms with E-state index in [1.165, 1.54) is 11.1 Å². The average molecular weight is 1100 g/mol. The van der Waals surface area contributed by atoms with Gasteiger partial charge in [0.25, 0.3) is 0 Å². The molecule has 0 aliphatic heterocycles. The Bertz CT molecular complexity index is 3490. The second-order valence-electron chi connectivity index (χ2n) is 21.2. The molecule has 0 aliphatic rings. The van der Waals surface area contributed by atoms with Crippen molar-refractivity contribution in [3.8, 4) is 78.6 Å². The van der Waals surface area contributed by atoms with Crippen LogP contribution in [0.1, 0.15) is 133 Å². The van der Waals surface area contributed by atoms with Crippen LogP contribution in [0.3, 0.4) is 0 Å². The quantitative estimate of drug-likeness (QED) is 0.139. The number of rotatable bonds is 10. The van der Waals surface area contributed by atoms with Crippen LogP contribution in [0.15, 0.2) is 158 Å². The molecule has 0 saturated carbocycles. The molecule has 2 heterocycles. The van der Waals surface area contributed by atoms with E-state index < -0.39 is 17.7 Å². The minimum Gasteiger partial charge on any atom is -0.507 e. The molecule has 5 heteroatoms. The molecule has 0 saturated heterocycles. The Morgan fingerprint density at radius 2 is 1.17 bits per heavy atom. The van der Waals surface area contributed by atoms with E-state index in [1.807, 2.05) is 58.2 Å². The third-order valence-corrected chi connectivity index (χ3v) is 13.4. The molecule has 7 aromatic carbocycles. The van der Waals surface area contributed by atoms with Gasteiger partial charge in [0.05, 0.1) is 16.6 Å². The smallest absolute Gasteiger partial charge is 0.148 e. The summed E-state index contributed by atoms with van der Waals surface area (Å²) in [5, 5.41) is 12.4. The standard InChI is InChI=1S/C65H66N3O.Pt/c1-40(2)47-36-56(42(5)6)62(69)57(37-47)63-67-61-52(22-18-24-60(61)68(63)51-29-30-53(55(39-51)41(3)4)54-21-16-17-23-58(54)65(10,11)12)48-33-49(35-50(34-48)64(7,8)9)59-38-46(31-32-66-59)45-27-25-44(26-28-45)43-19-14-13-15-20-43;/h13-32,34-42,69H,1-12H3;/q-1;/i40D,41D,42D;. The van der Waals surface area contributed by atoms with Crippen LogP contribution < -0.4 is 0 Å². The number of hydrogen-bond donors (Lipinski definition) is 1. The Hall–Kier alpha value is -6.35. The van der Waals surface area contributed by atoms with E-state index in [0.717, 1.165) is 72.5 Å². The van der Waals surface area contributed by atoms with Gasteiger partial charge in [-0.15, -0.1) is 29.3 Å². The van der Waals surface area contributed by atoms with Crippen LogP contribution in [0, 0.1) is 6.07 Å². The molecule has 0 atom stereocenters. The Morgan fingerprint density at radius 3 is 1.83 bits per heavy atom. The summed E-state index contributed by atoms with van der Waals surface area (Å²) in [6.45, 7) is 24.3. The molecule has 0 amide bonds. The number of pyridine rings is 1. The first kappa shape index (κ1) is 46.1.